The number of aliphatic hydroxyl groups excluding tert-OH is 2. The van der Waals surface area contributed by atoms with Gasteiger partial charge >= 0.3 is 19.3 Å². The lowest BCUT2D eigenvalue weighted by atomic mass is 10.1. The molecule has 3 unspecified atom stereocenters. The van der Waals surface area contributed by atoms with Crippen molar-refractivity contribution < 1.29 is 47.3 Å². The van der Waals surface area contributed by atoms with Crippen LogP contribution in [0.5, 0.6) is 0 Å². The van der Waals surface area contributed by atoms with E-state index in [9.17, 15) is 29.0 Å². The number of aromatic amines is 1. The molecule has 6 rings (SSSR count). The molecule has 2 aliphatic heterocycles. The fourth-order valence-corrected chi connectivity index (χ4v) is 7.01. The molecule has 6 heterocycles. The van der Waals surface area contributed by atoms with Gasteiger partial charge in [0.1, 0.15) is 54.3 Å². The molecule has 244 valence electrons. The van der Waals surface area contributed by atoms with Crippen molar-refractivity contribution in [1.29, 1.82) is 0 Å². The van der Waals surface area contributed by atoms with Crippen molar-refractivity contribution in [3.05, 3.63) is 29.5 Å². The molecule has 0 spiro atoms. The lowest BCUT2D eigenvalue weighted by Gasteiger charge is -2.25. The van der Waals surface area contributed by atoms with Gasteiger partial charge in [-0.2, -0.15) is 0 Å². The zero-order chi connectivity index (χ0) is 32.3. The van der Waals surface area contributed by atoms with E-state index in [0.29, 0.717) is 11.2 Å². The lowest BCUT2D eigenvalue weighted by Crippen LogP contribution is -2.37. The van der Waals surface area contributed by atoms with Crippen molar-refractivity contribution in [2.45, 2.75) is 49.4 Å². The maximum absolute atomic E-state index is 13.4. The van der Waals surface area contributed by atoms with Crippen LogP contribution in [-0.2, 0) is 32.2 Å². The number of nitrogens with zero attached hydrogens (tertiary/aromatic N) is 7. The summed E-state index contributed by atoms with van der Waals surface area (Å²) < 4.78 is 55.0. The maximum atomic E-state index is 13.4. The summed E-state index contributed by atoms with van der Waals surface area (Å²) in [6.07, 6.45) is -5.26. The number of ether oxygens (including phenoxy) is 2. The summed E-state index contributed by atoms with van der Waals surface area (Å²) in [5.41, 5.74) is 11.6. The van der Waals surface area contributed by atoms with Crippen LogP contribution >= 0.6 is 38.1 Å². The summed E-state index contributed by atoms with van der Waals surface area (Å²) in [5.74, 6) is 0.0941. The van der Waals surface area contributed by atoms with Crippen LogP contribution in [0.3, 0.4) is 0 Å². The number of fused-ring (bicyclic) bond motifs is 2. The van der Waals surface area contributed by atoms with E-state index in [4.69, 9.17) is 34.5 Å². The molecule has 0 aliphatic carbocycles. The highest BCUT2D eigenvalue weighted by atomic mass is 32.7. The first kappa shape index (κ1) is 32.3. The topological polar surface area (TPSA) is 300 Å². The number of H-pyrrole nitrogens is 1. The Kier molecular flexibility index (Phi) is 8.73. The third-order valence-corrected chi connectivity index (χ3v) is 9.51. The number of rotatable bonds is 10. The summed E-state index contributed by atoms with van der Waals surface area (Å²) in [4.78, 5) is 44.9. The van der Waals surface area contributed by atoms with Crippen molar-refractivity contribution >= 4 is 72.1 Å². The number of aromatic nitrogens is 8. The normalized spacial score (nSPS) is 29.8. The second kappa shape index (κ2) is 12.2. The first-order valence-corrected chi connectivity index (χ1v) is 18.3. The Balaban J connectivity index is 1.20. The van der Waals surface area contributed by atoms with Gasteiger partial charge < -0.3 is 41.0 Å². The van der Waals surface area contributed by atoms with Crippen LogP contribution in [0.4, 0.5) is 11.6 Å². The Morgan fingerprint density at radius 1 is 1.00 bits per heavy atom. The van der Waals surface area contributed by atoms with E-state index in [1.165, 1.54) is 12.7 Å². The average Bonchev–Trinajstić information content (AvgIpc) is 3.71. The van der Waals surface area contributed by atoms with Gasteiger partial charge in [-0.15, -0.1) is 0 Å². The summed E-state index contributed by atoms with van der Waals surface area (Å²) in [5, 5.41) is 21.7. The molecule has 0 bridgehead atoms. The van der Waals surface area contributed by atoms with E-state index >= 15 is 0 Å². The fraction of sp³-hybridized carbons (Fsp3) is 0.500. The molecule has 4 aromatic heterocycles. The number of nitrogen functional groups attached to an aromatic ring is 2. The molecule has 21 nitrogen and oxygen atoms in total. The monoisotopic (exact) mass is 708 g/mol. The largest absolute Gasteiger partial charge is 0.390 e. The van der Waals surface area contributed by atoms with Gasteiger partial charge in [-0.1, -0.05) is 24.5 Å². The van der Waals surface area contributed by atoms with E-state index in [0.717, 1.165) is 10.9 Å². The van der Waals surface area contributed by atoms with Gasteiger partial charge in [0.05, 0.1) is 25.6 Å². The molecule has 0 saturated carbocycles. The predicted octanol–water partition coefficient (Wildman–Crippen LogP) is -0.483. The first-order valence-electron chi connectivity index (χ1n) is 12.9. The molecule has 0 radical (unpaired) electrons. The minimum absolute atomic E-state index is 0.0429. The minimum atomic E-state index is -4.42. The number of nitrogens with two attached hydrogens (primary N) is 2. The summed E-state index contributed by atoms with van der Waals surface area (Å²) in [6.45, 7) is -9.89. The van der Waals surface area contributed by atoms with Crippen LogP contribution < -0.4 is 17.2 Å². The molecule has 2 aliphatic rings. The Hall–Kier alpha value is -2.66. The average molecular weight is 709 g/mol. The SMILES string of the molecule is Nc1ncnc2c1ncn2[C@H]1C[C@@H](O)[C@@H](COP(=O)(S)OC2[C@H](n3c(=O)[nH]c4c(N)ncnc43)O[C@H](COP(=O)(O)S)[C@H]2O)O1. The number of imidazole rings is 2. The first-order chi connectivity index (χ1) is 21.2. The summed E-state index contributed by atoms with van der Waals surface area (Å²) in [6, 6.07) is 0. The smallest absolute Gasteiger partial charge is 0.386 e. The Labute approximate surface area is 261 Å². The third-order valence-electron chi connectivity index (χ3n) is 7.07. The van der Waals surface area contributed by atoms with Crippen LogP contribution in [0.2, 0.25) is 0 Å². The highest BCUT2D eigenvalue weighted by Crippen LogP contribution is 2.57. The van der Waals surface area contributed by atoms with Crippen LogP contribution in [0.1, 0.15) is 18.9 Å². The summed E-state index contributed by atoms with van der Waals surface area (Å²) in [7, 11) is 0. The van der Waals surface area contributed by atoms with Gasteiger partial charge in [-0.05, 0) is 0 Å². The molecule has 2 saturated heterocycles. The maximum Gasteiger partial charge on any atom is 0.386 e. The second-order valence-corrected chi connectivity index (χ2v) is 15.6. The Morgan fingerprint density at radius 2 is 1.69 bits per heavy atom. The highest BCUT2D eigenvalue weighted by molar-refractivity contribution is 8.44. The molecule has 45 heavy (non-hydrogen) atoms. The molecular weight excluding hydrogens is 682 g/mol. The van der Waals surface area contributed by atoms with E-state index < -0.39 is 75.5 Å². The number of hydrogen-bond donors (Lipinski definition) is 8. The highest BCUT2D eigenvalue weighted by Gasteiger charge is 2.50. The van der Waals surface area contributed by atoms with Crippen molar-refractivity contribution in [2.24, 2.45) is 0 Å². The Morgan fingerprint density at radius 3 is 2.42 bits per heavy atom. The number of hydrogen-bond acceptors (Lipinski definition) is 17. The van der Waals surface area contributed by atoms with Crippen molar-refractivity contribution in [1.82, 2.24) is 39.0 Å². The van der Waals surface area contributed by atoms with Gasteiger partial charge in [0.15, 0.2) is 29.2 Å². The molecule has 4 aromatic rings. The van der Waals surface area contributed by atoms with E-state index in [-0.39, 0.29) is 29.2 Å². The molecule has 2 fully saturated rings. The van der Waals surface area contributed by atoms with Gasteiger partial charge in [0.25, 0.3) is 0 Å². The van der Waals surface area contributed by atoms with Gasteiger partial charge in [-0.25, -0.2) is 43.4 Å². The van der Waals surface area contributed by atoms with E-state index in [2.05, 4.69) is 54.4 Å². The molecular formula is C20H26N10O11P2S2. The minimum Gasteiger partial charge on any atom is -0.390 e. The molecule has 0 aromatic carbocycles. The molecule has 9 atom stereocenters. The van der Waals surface area contributed by atoms with Crippen LogP contribution in [0.15, 0.2) is 23.8 Å². The molecule has 25 heteroatoms. The number of aliphatic hydroxyl groups is 2. The van der Waals surface area contributed by atoms with Crippen molar-refractivity contribution in [3.8, 4) is 0 Å². The lowest BCUT2D eigenvalue weighted by molar-refractivity contribution is -0.0518. The standard InChI is InChI=1S/C20H26N10O11P2S2/c21-15-11-17(25-4-23-15)29(6-27-11)10-1-7(31)8(39-10)2-38-43(36,45)41-14-13(32)9(3-37-42(34,35)44)40-19(14)30-18-12(28-20(30)33)16(22)24-5-26-18/h4-10,13-14,19,31-32H,1-3H2,(H,28,33)(H,36,45)(H2,21,23,25)(H2,22,24,26)(H2,34,35,44)/t7-,8-,9-,10-,13-,14?,19-,43?/m1/s1. The quantitative estimate of drug-likeness (QED) is 0.0762. The van der Waals surface area contributed by atoms with Crippen molar-refractivity contribution in [2.75, 3.05) is 24.7 Å². The van der Waals surface area contributed by atoms with Crippen LogP contribution in [0.25, 0.3) is 22.3 Å². The zero-order valence-corrected chi connectivity index (χ0v) is 26.2. The van der Waals surface area contributed by atoms with E-state index in [1.54, 1.807) is 4.57 Å². The van der Waals surface area contributed by atoms with Crippen LogP contribution in [0, 0.1) is 0 Å². The number of anilines is 2. The molecule has 8 N–H and O–H groups in total. The summed E-state index contributed by atoms with van der Waals surface area (Å²) >= 11 is 7.46. The number of thiol groups is 2. The Bertz CT molecular complexity index is 1890. The zero-order valence-electron chi connectivity index (χ0n) is 22.6. The van der Waals surface area contributed by atoms with Crippen LogP contribution in [-0.4, -0.2) is 97.9 Å². The van der Waals surface area contributed by atoms with E-state index in [1.807, 2.05) is 0 Å². The third kappa shape index (κ3) is 6.48. The van der Waals surface area contributed by atoms with Gasteiger partial charge in [0, 0.05) is 6.42 Å². The molecule has 0 amide bonds. The van der Waals surface area contributed by atoms with Gasteiger partial charge in [-0.3, -0.25) is 18.1 Å². The number of nitrogens with one attached hydrogen (secondary N) is 1. The van der Waals surface area contributed by atoms with Gasteiger partial charge in [0.2, 0.25) is 0 Å². The fourth-order valence-electron chi connectivity index (χ4n) is 5.01. The van der Waals surface area contributed by atoms with Crippen molar-refractivity contribution in [3.63, 3.8) is 0 Å². The second-order valence-electron chi connectivity index (χ2n) is 9.95. The predicted molar refractivity (Wildman–Crippen MR) is 159 cm³/mol.